The molecule has 0 saturated heterocycles. The molecule has 0 radical (unpaired) electrons. The second-order valence-corrected chi connectivity index (χ2v) is 6.03. The number of para-hydroxylation sites is 1. The lowest BCUT2D eigenvalue weighted by molar-refractivity contribution is -0.138. The van der Waals surface area contributed by atoms with Crippen molar-refractivity contribution in [1.29, 1.82) is 0 Å². The number of benzene rings is 1. The lowest BCUT2D eigenvalue weighted by Gasteiger charge is -2.17. The van der Waals surface area contributed by atoms with E-state index in [1.165, 1.54) is 0 Å². The van der Waals surface area contributed by atoms with Crippen molar-refractivity contribution >= 4 is 28.0 Å². The van der Waals surface area contributed by atoms with E-state index < -0.39 is 11.9 Å². The average molecular weight is 299 g/mol. The van der Waals surface area contributed by atoms with Crippen molar-refractivity contribution in [2.75, 3.05) is 11.4 Å². The standard InChI is InChI=1S/C15H13N3O2S/c19-14(20)12-9-18(13-4-2-1-3-11(12)13)8-10-7-17-5-6-21-15(17)16-10/h1-7,12H,8-9H2,(H,19,20). The number of hydrogen-bond donors (Lipinski definition) is 1. The minimum atomic E-state index is -0.768. The summed E-state index contributed by atoms with van der Waals surface area (Å²) in [7, 11) is 0. The number of hydrogen-bond acceptors (Lipinski definition) is 4. The number of carbonyl (C=O) groups is 1. The third-order valence-electron chi connectivity index (χ3n) is 3.85. The van der Waals surface area contributed by atoms with Crippen molar-refractivity contribution < 1.29 is 9.90 Å². The van der Waals surface area contributed by atoms with Gasteiger partial charge in [0.25, 0.3) is 0 Å². The van der Waals surface area contributed by atoms with E-state index in [-0.39, 0.29) is 0 Å². The van der Waals surface area contributed by atoms with E-state index in [9.17, 15) is 9.90 Å². The Hall–Kier alpha value is -2.34. The van der Waals surface area contributed by atoms with Gasteiger partial charge in [-0.3, -0.25) is 9.20 Å². The van der Waals surface area contributed by atoms with E-state index in [1.54, 1.807) is 11.3 Å². The maximum absolute atomic E-state index is 11.4. The number of nitrogens with zero attached hydrogens (tertiary/aromatic N) is 3. The van der Waals surface area contributed by atoms with Gasteiger partial charge in [0.1, 0.15) is 5.92 Å². The highest BCUT2D eigenvalue weighted by atomic mass is 32.1. The van der Waals surface area contributed by atoms with Crippen molar-refractivity contribution in [3.63, 3.8) is 0 Å². The molecule has 0 fully saturated rings. The molecule has 106 valence electrons. The molecule has 4 rings (SSSR count). The fourth-order valence-electron chi connectivity index (χ4n) is 2.90. The summed E-state index contributed by atoms with van der Waals surface area (Å²) in [4.78, 5) is 19.1. The zero-order chi connectivity index (χ0) is 14.4. The van der Waals surface area contributed by atoms with Gasteiger partial charge < -0.3 is 10.0 Å². The van der Waals surface area contributed by atoms with E-state index >= 15 is 0 Å². The summed E-state index contributed by atoms with van der Waals surface area (Å²) in [6, 6.07) is 7.73. The Morgan fingerprint density at radius 3 is 3.10 bits per heavy atom. The predicted octanol–water partition coefficient (Wildman–Crippen LogP) is 2.58. The molecule has 0 bridgehead atoms. The zero-order valence-corrected chi connectivity index (χ0v) is 12.0. The number of fused-ring (bicyclic) bond motifs is 2. The third kappa shape index (κ3) is 1.99. The van der Waals surface area contributed by atoms with E-state index in [0.717, 1.165) is 21.9 Å². The number of aromatic nitrogens is 2. The number of aliphatic carboxylic acids is 1. The van der Waals surface area contributed by atoms with Gasteiger partial charge in [-0.05, 0) is 11.6 Å². The first-order valence-electron chi connectivity index (χ1n) is 6.70. The normalized spacial score (nSPS) is 17.3. The van der Waals surface area contributed by atoms with Gasteiger partial charge in [0.15, 0.2) is 4.96 Å². The Morgan fingerprint density at radius 2 is 2.29 bits per heavy atom. The smallest absolute Gasteiger partial charge is 0.312 e. The lowest BCUT2D eigenvalue weighted by atomic mass is 10.0. The molecule has 1 atom stereocenters. The first-order chi connectivity index (χ1) is 10.2. The van der Waals surface area contributed by atoms with Crippen LogP contribution in [0.5, 0.6) is 0 Å². The second-order valence-electron chi connectivity index (χ2n) is 5.16. The summed E-state index contributed by atoms with van der Waals surface area (Å²) in [5.41, 5.74) is 2.86. The highest BCUT2D eigenvalue weighted by Crippen LogP contribution is 2.37. The van der Waals surface area contributed by atoms with Crippen LogP contribution in [0.3, 0.4) is 0 Å². The Kier molecular flexibility index (Phi) is 2.71. The zero-order valence-electron chi connectivity index (χ0n) is 11.1. The molecule has 3 aromatic rings. The van der Waals surface area contributed by atoms with Crippen LogP contribution < -0.4 is 4.90 Å². The Bertz CT molecular complexity index is 795. The van der Waals surface area contributed by atoms with Crippen LogP contribution in [-0.4, -0.2) is 27.0 Å². The van der Waals surface area contributed by atoms with Gasteiger partial charge in [-0.1, -0.05) is 18.2 Å². The molecule has 0 saturated carbocycles. The monoisotopic (exact) mass is 299 g/mol. The molecule has 1 aromatic carbocycles. The molecular weight excluding hydrogens is 286 g/mol. The van der Waals surface area contributed by atoms with Gasteiger partial charge in [0, 0.05) is 30.0 Å². The Morgan fingerprint density at radius 1 is 1.43 bits per heavy atom. The quantitative estimate of drug-likeness (QED) is 0.807. The van der Waals surface area contributed by atoms with Crippen LogP contribution in [0.1, 0.15) is 17.2 Å². The Labute approximate surface area is 125 Å². The third-order valence-corrected chi connectivity index (χ3v) is 4.62. The van der Waals surface area contributed by atoms with Crippen LogP contribution >= 0.6 is 11.3 Å². The molecule has 1 aliphatic rings. The SMILES string of the molecule is O=C(O)C1CN(Cc2cn3ccsc3n2)c2ccccc21. The molecule has 0 spiro atoms. The fraction of sp³-hybridized carbons (Fsp3) is 0.200. The van der Waals surface area contributed by atoms with E-state index in [2.05, 4.69) is 9.88 Å². The van der Waals surface area contributed by atoms with Crippen molar-refractivity contribution in [3.8, 4) is 0 Å². The second kappa shape index (κ2) is 4.60. The van der Waals surface area contributed by atoms with Gasteiger partial charge in [-0.15, -0.1) is 11.3 Å². The highest BCUT2D eigenvalue weighted by molar-refractivity contribution is 7.15. The topological polar surface area (TPSA) is 57.8 Å². The Balaban J connectivity index is 1.66. The molecule has 3 heterocycles. The molecule has 6 heteroatoms. The van der Waals surface area contributed by atoms with Gasteiger partial charge in [0.2, 0.25) is 0 Å². The fourth-order valence-corrected chi connectivity index (χ4v) is 3.61. The molecule has 1 unspecified atom stereocenters. The first-order valence-corrected chi connectivity index (χ1v) is 7.58. The van der Waals surface area contributed by atoms with Gasteiger partial charge >= 0.3 is 5.97 Å². The number of carboxylic acid groups (broad SMARTS) is 1. The number of anilines is 1. The van der Waals surface area contributed by atoms with Gasteiger partial charge in [0.05, 0.1) is 12.2 Å². The van der Waals surface area contributed by atoms with Crippen molar-refractivity contribution in [2.24, 2.45) is 0 Å². The molecule has 21 heavy (non-hydrogen) atoms. The first kappa shape index (κ1) is 12.4. The van der Waals surface area contributed by atoms with Gasteiger partial charge in [-0.25, -0.2) is 4.98 Å². The largest absolute Gasteiger partial charge is 0.481 e. The summed E-state index contributed by atoms with van der Waals surface area (Å²) < 4.78 is 2.00. The van der Waals surface area contributed by atoms with E-state index in [0.29, 0.717) is 13.1 Å². The summed E-state index contributed by atoms with van der Waals surface area (Å²) in [6.45, 7) is 1.13. The molecule has 1 aliphatic heterocycles. The summed E-state index contributed by atoms with van der Waals surface area (Å²) >= 11 is 1.60. The van der Waals surface area contributed by atoms with Crippen LogP contribution in [0, 0.1) is 0 Å². The molecule has 0 amide bonds. The maximum Gasteiger partial charge on any atom is 0.312 e. The maximum atomic E-state index is 11.4. The van der Waals surface area contributed by atoms with Crippen molar-refractivity contribution in [3.05, 3.63) is 53.3 Å². The number of thiazole rings is 1. The lowest BCUT2D eigenvalue weighted by Crippen LogP contribution is -2.24. The highest BCUT2D eigenvalue weighted by Gasteiger charge is 2.33. The van der Waals surface area contributed by atoms with Crippen molar-refractivity contribution in [1.82, 2.24) is 9.38 Å². The van der Waals surface area contributed by atoms with Crippen molar-refractivity contribution in [2.45, 2.75) is 12.5 Å². The van der Waals surface area contributed by atoms with Crippen LogP contribution in [0.2, 0.25) is 0 Å². The number of rotatable bonds is 3. The van der Waals surface area contributed by atoms with Crippen LogP contribution in [0.4, 0.5) is 5.69 Å². The molecular formula is C15H13N3O2S. The predicted molar refractivity (Wildman–Crippen MR) is 80.9 cm³/mol. The summed E-state index contributed by atoms with van der Waals surface area (Å²) in [6.07, 6.45) is 3.98. The summed E-state index contributed by atoms with van der Waals surface area (Å²) in [5, 5.41) is 11.4. The number of imidazole rings is 1. The minimum absolute atomic E-state index is 0.454. The van der Waals surface area contributed by atoms with Crippen LogP contribution in [0.25, 0.3) is 4.96 Å². The molecule has 1 N–H and O–H groups in total. The molecule has 0 aliphatic carbocycles. The minimum Gasteiger partial charge on any atom is -0.481 e. The van der Waals surface area contributed by atoms with E-state index in [4.69, 9.17) is 0 Å². The summed E-state index contributed by atoms with van der Waals surface area (Å²) in [5.74, 6) is -1.22. The van der Waals surface area contributed by atoms with E-state index in [1.807, 2.05) is 46.4 Å². The van der Waals surface area contributed by atoms with Crippen LogP contribution in [-0.2, 0) is 11.3 Å². The average Bonchev–Trinajstić information content (AvgIpc) is 3.12. The molecule has 2 aromatic heterocycles. The van der Waals surface area contributed by atoms with Crippen LogP contribution in [0.15, 0.2) is 42.0 Å². The van der Waals surface area contributed by atoms with Gasteiger partial charge in [-0.2, -0.15) is 0 Å². The number of carboxylic acids is 1. The molecule has 5 nitrogen and oxygen atoms in total.